The average Bonchev–Trinajstić information content (AvgIpc) is 3.11. The van der Waals surface area contributed by atoms with Crippen molar-refractivity contribution in [2.45, 2.75) is 45.9 Å². The lowest BCUT2D eigenvalue weighted by Crippen LogP contribution is -2.38. The van der Waals surface area contributed by atoms with Crippen molar-refractivity contribution in [1.82, 2.24) is 14.7 Å². The fourth-order valence-corrected chi connectivity index (χ4v) is 3.59. The van der Waals surface area contributed by atoms with E-state index >= 15 is 0 Å². The van der Waals surface area contributed by atoms with Gasteiger partial charge in [0.1, 0.15) is 11.6 Å². The molecule has 3 rings (SSSR count). The van der Waals surface area contributed by atoms with Gasteiger partial charge in [-0.1, -0.05) is 24.3 Å². The maximum Gasteiger partial charge on any atom is 0.227 e. The minimum absolute atomic E-state index is 0.224. The number of aliphatic hydroxyl groups is 1. The van der Waals surface area contributed by atoms with E-state index in [0.29, 0.717) is 37.9 Å². The Kier molecular flexibility index (Phi) is 9.40. The maximum atomic E-state index is 13.9. The molecule has 2 aromatic carbocycles. The third kappa shape index (κ3) is 8.14. The number of aliphatic hydroxyl groups excluding tert-OH is 1. The number of halogens is 1. The van der Waals surface area contributed by atoms with Crippen molar-refractivity contribution < 1.29 is 23.7 Å². The largest absolute Gasteiger partial charge is 0.438 e. The lowest BCUT2D eigenvalue weighted by atomic mass is 10.2. The summed E-state index contributed by atoms with van der Waals surface area (Å²) in [6.45, 7) is 9.95. The fourth-order valence-electron chi connectivity index (χ4n) is 3.59. The zero-order chi connectivity index (χ0) is 25.4. The molecule has 0 saturated carbocycles. The molecule has 0 fully saturated rings. The second-order valence-electron chi connectivity index (χ2n) is 9.48. The van der Waals surface area contributed by atoms with Gasteiger partial charge in [0.2, 0.25) is 5.88 Å². The predicted molar refractivity (Wildman–Crippen MR) is 134 cm³/mol. The third-order valence-corrected chi connectivity index (χ3v) is 5.32. The van der Waals surface area contributed by atoms with Crippen molar-refractivity contribution in [3.8, 4) is 17.3 Å². The van der Waals surface area contributed by atoms with Gasteiger partial charge in [0.25, 0.3) is 0 Å². The highest BCUT2D eigenvalue weighted by molar-refractivity contribution is 5.43. The van der Waals surface area contributed by atoms with Gasteiger partial charge in [-0.2, -0.15) is 5.10 Å². The SMILES string of the molecule is COCCN(Cc1c(C)nn(-c2ccccc2)c1Oc1cccc(F)c1)CC(O)COC(C)(C)C. The monoisotopic (exact) mass is 485 g/mol. The van der Waals surface area contributed by atoms with Crippen molar-refractivity contribution >= 4 is 0 Å². The average molecular weight is 486 g/mol. The van der Waals surface area contributed by atoms with E-state index in [4.69, 9.17) is 19.3 Å². The van der Waals surface area contributed by atoms with Crippen LogP contribution >= 0.6 is 0 Å². The van der Waals surface area contributed by atoms with Crippen molar-refractivity contribution in [3.63, 3.8) is 0 Å². The van der Waals surface area contributed by atoms with Crippen LogP contribution in [0.1, 0.15) is 32.0 Å². The molecule has 1 N–H and O–H groups in total. The van der Waals surface area contributed by atoms with E-state index in [0.717, 1.165) is 16.9 Å². The summed E-state index contributed by atoms with van der Waals surface area (Å²) in [6, 6.07) is 15.7. The van der Waals surface area contributed by atoms with Gasteiger partial charge in [0.15, 0.2) is 0 Å². The normalized spacial score (nSPS) is 12.8. The molecule has 0 spiro atoms. The van der Waals surface area contributed by atoms with Crippen molar-refractivity contribution in [2.24, 2.45) is 0 Å². The van der Waals surface area contributed by atoms with Crippen LogP contribution in [0.2, 0.25) is 0 Å². The minimum Gasteiger partial charge on any atom is -0.438 e. The second kappa shape index (κ2) is 12.3. The van der Waals surface area contributed by atoms with E-state index in [1.807, 2.05) is 58.0 Å². The molecule has 3 aromatic rings. The highest BCUT2D eigenvalue weighted by atomic mass is 19.1. The summed E-state index contributed by atoms with van der Waals surface area (Å²) in [6.07, 6.45) is -0.678. The molecule has 8 heteroatoms. The Morgan fingerprint density at radius 1 is 1.11 bits per heavy atom. The van der Waals surface area contributed by atoms with Crippen LogP contribution in [0.3, 0.4) is 0 Å². The van der Waals surface area contributed by atoms with Crippen molar-refractivity contribution in [2.75, 3.05) is 33.4 Å². The number of rotatable bonds is 12. The molecule has 1 atom stereocenters. The van der Waals surface area contributed by atoms with Gasteiger partial charge in [0.05, 0.1) is 41.9 Å². The Morgan fingerprint density at radius 2 is 1.86 bits per heavy atom. The smallest absolute Gasteiger partial charge is 0.227 e. The van der Waals surface area contributed by atoms with Crippen LogP contribution in [0.4, 0.5) is 4.39 Å². The maximum absolute atomic E-state index is 13.9. The molecule has 1 heterocycles. The number of para-hydroxylation sites is 1. The van der Waals surface area contributed by atoms with Gasteiger partial charge in [-0.05, 0) is 52.0 Å². The molecule has 1 unspecified atom stereocenters. The Balaban J connectivity index is 1.92. The Hall–Kier alpha value is -2.78. The summed E-state index contributed by atoms with van der Waals surface area (Å²) in [5.74, 6) is 0.503. The molecular formula is C27H36FN3O4. The van der Waals surface area contributed by atoms with Crippen LogP contribution in [0, 0.1) is 12.7 Å². The van der Waals surface area contributed by atoms with Gasteiger partial charge >= 0.3 is 0 Å². The summed E-state index contributed by atoms with van der Waals surface area (Å²) in [5.41, 5.74) is 2.12. The molecule has 7 nitrogen and oxygen atoms in total. The van der Waals surface area contributed by atoms with Crippen molar-refractivity contribution in [1.29, 1.82) is 0 Å². The lowest BCUT2D eigenvalue weighted by molar-refractivity contribution is -0.0577. The molecule has 190 valence electrons. The first-order valence-corrected chi connectivity index (χ1v) is 11.8. The number of aryl methyl sites for hydroxylation is 1. The minimum atomic E-state index is -0.678. The molecule has 0 aliphatic carbocycles. The van der Waals surface area contributed by atoms with E-state index in [9.17, 15) is 9.50 Å². The molecule has 0 saturated heterocycles. The first-order chi connectivity index (χ1) is 16.7. The Bertz CT molecular complexity index is 1070. The molecule has 0 aliphatic heterocycles. The van der Waals surface area contributed by atoms with Gasteiger partial charge in [-0.15, -0.1) is 0 Å². The number of methoxy groups -OCH3 is 1. The van der Waals surface area contributed by atoms with E-state index in [-0.39, 0.29) is 18.0 Å². The van der Waals surface area contributed by atoms with Crippen LogP contribution in [0.25, 0.3) is 5.69 Å². The topological polar surface area (TPSA) is 69.0 Å². The molecule has 1 aromatic heterocycles. The Morgan fingerprint density at radius 3 is 2.51 bits per heavy atom. The highest BCUT2D eigenvalue weighted by Crippen LogP contribution is 2.32. The number of aromatic nitrogens is 2. The van der Waals surface area contributed by atoms with Crippen LogP contribution in [0.5, 0.6) is 11.6 Å². The van der Waals surface area contributed by atoms with E-state index in [1.165, 1.54) is 12.1 Å². The quantitative estimate of drug-likeness (QED) is 0.400. The zero-order valence-corrected chi connectivity index (χ0v) is 21.2. The molecule has 0 amide bonds. The van der Waals surface area contributed by atoms with Crippen LogP contribution in [0.15, 0.2) is 54.6 Å². The van der Waals surface area contributed by atoms with Crippen LogP contribution < -0.4 is 4.74 Å². The number of ether oxygens (including phenoxy) is 3. The van der Waals surface area contributed by atoms with Crippen LogP contribution in [-0.4, -0.2) is 64.9 Å². The molecule has 0 radical (unpaired) electrons. The van der Waals surface area contributed by atoms with Gasteiger partial charge < -0.3 is 19.3 Å². The van der Waals surface area contributed by atoms with E-state index < -0.39 is 6.10 Å². The third-order valence-electron chi connectivity index (χ3n) is 5.32. The highest BCUT2D eigenvalue weighted by Gasteiger charge is 2.23. The molecule has 35 heavy (non-hydrogen) atoms. The van der Waals surface area contributed by atoms with Crippen LogP contribution in [-0.2, 0) is 16.0 Å². The molecule has 0 aliphatic rings. The van der Waals surface area contributed by atoms with Gasteiger partial charge in [-0.3, -0.25) is 4.90 Å². The fraction of sp³-hybridized carbons (Fsp3) is 0.444. The summed E-state index contributed by atoms with van der Waals surface area (Å²) >= 11 is 0. The number of hydrogen-bond acceptors (Lipinski definition) is 6. The number of nitrogens with zero attached hydrogens (tertiary/aromatic N) is 3. The number of benzene rings is 2. The summed E-state index contributed by atoms with van der Waals surface area (Å²) in [4.78, 5) is 2.08. The lowest BCUT2D eigenvalue weighted by Gasteiger charge is -2.27. The van der Waals surface area contributed by atoms with E-state index in [2.05, 4.69) is 4.90 Å². The first-order valence-electron chi connectivity index (χ1n) is 11.8. The van der Waals surface area contributed by atoms with Crippen molar-refractivity contribution in [3.05, 3.63) is 71.7 Å². The summed E-state index contributed by atoms with van der Waals surface area (Å²) in [5, 5.41) is 15.4. The van der Waals surface area contributed by atoms with Gasteiger partial charge in [0, 0.05) is 32.8 Å². The molecular weight excluding hydrogens is 449 g/mol. The summed E-state index contributed by atoms with van der Waals surface area (Å²) in [7, 11) is 1.65. The predicted octanol–water partition coefficient (Wildman–Crippen LogP) is 4.74. The molecule has 0 bridgehead atoms. The summed E-state index contributed by atoms with van der Waals surface area (Å²) < 4.78 is 32.9. The van der Waals surface area contributed by atoms with E-state index in [1.54, 1.807) is 23.9 Å². The first kappa shape index (κ1) is 26.8. The second-order valence-corrected chi connectivity index (χ2v) is 9.48. The Labute approximate surface area is 207 Å². The standard InChI is InChI=1S/C27H36FN3O4/c1-20-25(18-30(14-15-33-5)17-23(32)19-34-27(2,3)4)26(35-24-13-9-10-21(28)16-24)31(29-20)22-11-7-6-8-12-22/h6-13,16,23,32H,14-15,17-19H2,1-5H3. The number of hydrogen-bond donors (Lipinski definition) is 1. The van der Waals surface area contributed by atoms with Gasteiger partial charge in [-0.25, -0.2) is 9.07 Å². The zero-order valence-electron chi connectivity index (χ0n) is 21.2.